The normalized spacial score (nSPS) is 11.0. The van der Waals surface area contributed by atoms with Crippen molar-refractivity contribution < 1.29 is 9.36 Å². The van der Waals surface area contributed by atoms with Crippen LogP contribution in [-0.2, 0) is 11.3 Å². The van der Waals surface area contributed by atoms with Crippen LogP contribution < -0.4 is 15.6 Å². The van der Waals surface area contributed by atoms with E-state index < -0.39 is 0 Å². The Bertz CT molecular complexity index is 994. The van der Waals surface area contributed by atoms with Gasteiger partial charge in [0.25, 0.3) is 0 Å². The van der Waals surface area contributed by atoms with Gasteiger partial charge in [-0.25, -0.2) is 4.98 Å². The molecule has 0 bridgehead atoms. The lowest BCUT2D eigenvalue weighted by molar-refractivity contribution is -0.683. The van der Waals surface area contributed by atoms with E-state index in [9.17, 15) is 4.79 Å². The van der Waals surface area contributed by atoms with E-state index in [0.29, 0.717) is 6.54 Å². The van der Waals surface area contributed by atoms with E-state index >= 15 is 0 Å². The van der Waals surface area contributed by atoms with Crippen LogP contribution in [0.3, 0.4) is 0 Å². The van der Waals surface area contributed by atoms with Crippen molar-refractivity contribution in [2.45, 2.75) is 20.4 Å². The van der Waals surface area contributed by atoms with Gasteiger partial charge < -0.3 is 11.1 Å². The van der Waals surface area contributed by atoms with Crippen LogP contribution in [0.4, 0.5) is 5.69 Å². The molecule has 0 fully saturated rings. The van der Waals surface area contributed by atoms with Crippen molar-refractivity contribution in [3.8, 4) is 11.4 Å². The Balaban J connectivity index is 1.87. The zero-order valence-electron chi connectivity index (χ0n) is 16.2. The fourth-order valence-corrected chi connectivity index (χ4v) is 2.95. The molecular formula is C23H25N4O+. The number of carbonyl (C=O) groups is 1. The van der Waals surface area contributed by atoms with Crippen LogP contribution >= 0.6 is 0 Å². The topological polar surface area (TPSA) is 71.9 Å². The van der Waals surface area contributed by atoms with Crippen LogP contribution in [0.25, 0.3) is 23.5 Å². The fourth-order valence-electron chi connectivity index (χ4n) is 2.95. The van der Waals surface area contributed by atoms with Gasteiger partial charge in [0.05, 0.1) is 6.54 Å². The third-order valence-corrected chi connectivity index (χ3v) is 4.31. The number of anilines is 1. The minimum absolute atomic E-state index is 0.0735. The van der Waals surface area contributed by atoms with Gasteiger partial charge in [-0.1, -0.05) is 24.3 Å². The summed E-state index contributed by atoms with van der Waals surface area (Å²) < 4.78 is 2.13. The molecule has 3 rings (SSSR count). The molecule has 0 saturated carbocycles. The first-order valence-electron chi connectivity index (χ1n) is 9.27. The van der Waals surface area contributed by atoms with Crippen molar-refractivity contribution >= 4 is 23.7 Å². The Labute approximate surface area is 165 Å². The highest BCUT2D eigenvalue weighted by molar-refractivity contribution is 5.88. The number of amides is 1. The molecule has 1 amide bonds. The van der Waals surface area contributed by atoms with Crippen LogP contribution in [0.2, 0.25) is 0 Å². The van der Waals surface area contributed by atoms with Crippen molar-refractivity contribution in [2.24, 2.45) is 5.73 Å². The molecule has 5 nitrogen and oxygen atoms in total. The first-order valence-corrected chi connectivity index (χ1v) is 9.27. The second-order valence-corrected chi connectivity index (χ2v) is 6.68. The maximum Gasteiger partial charge on any atom is 0.231 e. The molecule has 0 aliphatic carbocycles. The highest BCUT2D eigenvalue weighted by Gasteiger charge is 2.14. The number of aromatic nitrogens is 2. The maximum atomic E-state index is 11.1. The molecule has 1 aromatic carbocycles. The van der Waals surface area contributed by atoms with Gasteiger partial charge in [-0.3, -0.25) is 4.79 Å². The summed E-state index contributed by atoms with van der Waals surface area (Å²) >= 11 is 0. The highest BCUT2D eigenvalue weighted by atomic mass is 16.1. The van der Waals surface area contributed by atoms with Crippen molar-refractivity contribution in [1.82, 2.24) is 4.98 Å². The zero-order valence-corrected chi connectivity index (χ0v) is 16.2. The van der Waals surface area contributed by atoms with Gasteiger partial charge in [-0.15, -0.1) is 0 Å². The summed E-state index contributed by atoms with van der Waals surface area (Å²) in [4.78, 5) is 15.6. The molecule has 0 spiro atoms. The molecule has 0 radical (unpaired) electrons. The molecule has 2 heterocycles. The zero-order chi connectivity index (χ0) is 19.9. The number of rotatable bonds is 6. The molecule has 3 N–H and O–H groups in total. The molecule has 3 aromatic rings. The molecule has 2 aromatic heterocycles. The molecule has 0 aliphatic rings. The summed E-state index contributed by atoms with van der Waals surface area (Å²) in [6, 6.07) is 16.0. The van der Waals surface area contributed by atoms with Gasteiger partial charge in [-0.05, 0) is 47.9 Å². The van der Waals surface area contributed by atoms with Gasteiger partial charge in [0.1, 0.15) is 5.69 Å². The van der Waals surface area contributed by atoms with E-state index in [1.165, 1.54) is 12.5 Å². The summed E-state index contributed by atoms with van der Waals surface area (Å²) in [6.07, 6.45) is 8.00. The van der Waals surface area contributed by atoms with Crippen molar-refractivity contribution in [2.75, 3.05) is 11.9 Å². The molecular weight excluding hydrogens is 348 g/mol. The number of carbonyl (C=O) groups excluding carboxylic acids is 1. The SMILES string of the molecule is CC(=O)Nc1ccc(/C=C/c2cc[n+](CCN)c(-c3cc(C)ccn3)c2)cc1. The van der Waals surface area contributed by atoms with Gasteiger partial charge in [0.2, 0.25) is 11.6 Å². The van der Waals surface area contributed by atoms with Gasteiger partial charge in [0.15, 0.2) is 12.7 Å². The van der Waals surface area contributed by atoms with Crippen molar-refractivity contribution in [3.63, 3.8) is 0 Å². The summed E-state index contributed by atoms with van der Waals surface area (Å²) in [7, 11) is 0. The lowest BCUT2D eigenvalue weighted by Crippen LogP contribution is -2.39. The Morgan fingerprint density at radius 3 is 2.54 bits per heavy atom. The maximum absolute atomic E-state index is 11.1. The standard InChI is InChI=1S/C23H24N4O/c1-17-9-12-25-22(15-17)23-16-20(10-13-27(23)14-11-24)4-3-19-5-7-21(8-6-19)26-18(2)28/h3-10,12-13,15-16H,11,14,24H2,1-2H3/p+1. The first-order chi connectivity index (χ1) is 13.5. The number of nitrogens with one attached hydrogen (secondary N) is 1. The molecule has 5 heteroatoms. The fraction of sp³-hybridized carbons (Fsp3) is 0.174. The van der Waals surface area contributed by atoms with Gasteiger partial charge in [-0.2, -0.15) is 4.57 Å². The van der Waals surface area contributed by atoms with Crippen molar-refractivity contribution in [1.29, 1.82) is 0 Å². The first kappa shape index (κ1) is 19.5. The smallest absolute Gasteiger partial charge is 0.231 e. The molecule has 0 aliphatic heterocycles. The Kier molecular flexibility index (Phi) is 6.29. The van der Waals surface area contributed by atoms with E-state index in [1.54, 1.807) is 0 Å². The molecule has 28 heavy (non-hydrogen) atoms. The minimum atomic E-state index is -0.0735. The third-order valence-electron chi connectivity index (χ3n) is 4.31. The predicted molar refractivity (Wildman–Crippen MR) is 113 cm³/mol. The van der Waals surface area contributed by atoms with E-state index in [0.717, 1.165) is 34.7 Å². The lowest BCUT2D eigenvalue weighted by Gasteiger charge is -2.05. The molecule has 0 unspecified atom stereocenters. The Hall–Kier alpha value is -3.31. The molecule has 142 valence electrons. The Morgan fingerprint density at radius 2 is 1.86 bits per heavy atom. The van der Waals surface area contributed by atoms with E-state index in [2.05, 4.69) is 46.1 Å². The number of hydrogen-bond acceptors (Lipinski definition) is 3. The number of benzene rings is 1. The van der Waals surface area contributed by atoms with Crippen LogP contribution in [0.1, 0.15) is 23.6 Å². The second kappa shape index (κ2) is 9.06. The number of nitrogens with zero attached hydrogens (tertiary/aromatic N) is 2. The summed E-state index contributed by atoms with van der Waals surface area (Å²) in [5.74, 6) is -0.0735. The summed E-state index contributed by atoms with van der Waals surface area (Å²) in [5.41, 5.74) is 11.8. The average molecular weight is 373 g/mol. The highest BCUT2D eigenvalue weighted by Crippen LogP contribution is 2.18. The van der Waals surface area contributed by atoms with Crippen molar-refractivity contribution in [3.05, 3.63) is 77.6 Å². The quantitative estimate of drug-likeness (QED) is 0.650. The number of hydrogen-bond donors (Lipinski definition) is 2. The second-order valence-electron chi connectivity index (χ2n) is 6.68. The summed E-state index contributed by atoms with van der Waals surface area (Å²) in [6.45, 7) is 4.87. The number of nitrogens with two attached hydrogens (primary N) is 1. The third kappa shape index (κ3) is 5.11. The van der Waals surface area contributed by atoms with Gasteiger partial charge >= 0.3 is 0 Å². The predicted octanol–water partition coefficient (Wildman–Crippen LogP) is 3.43. The number of aryl methyl sites for hydroxylation is 1. The monoisotopic (exact) mass is 373 g/mol. The van der Waals surface area contributed by atoms with E-state index in [-0.39, 0.29) is 5.91 Å². The minimum Gasteiger partial charge on any atom is -0.326 e. The van der Waals surface area contributed by atoms with Crippen LogP contribution in [0.15, 0.2) is 60.9 Å². The van der Waals surface area contributed by atoms with Gasteiger partial charge in [0, 0.05) is 30.9 Å². The van der Waals surface area contributed by atoms with Crippen LogP contribution in [0, 0.1) is 6.92 Å². The van der Waals surface area contributed by atoms with E-state index in [1.807, 2.05) is 48.8 Å². The summed E-state index contributed by atoms with van der Waals surface area (Å²) in [5, 5.41) is 2.77. The number of pyridine rings is 2. The average Bonchev–Trinajstić information content (AvgIpc) is 2.68. The molecule has 0 saturated heterocycles. The van der Waals surface area contributed by atoms with Crippen LogP contribution in [0.5, 0.6) is 0 Å². The lowest BCUT2D eigenvalue weighted by atomic mass is 10.1. The Morgan fingerprint density at radius 1 is 1.11 bits per heavy atom. The largest absolute Gasteiger partial charge is 0.326 e. The van der Waals surface area contributed by atoms with Crippen LogP contribution in [-0.4, -0.2) is 17.4 Å². The van der Waals surface area contributed by atoms with E-state index in [4.69, 9.17) is 5.73 Å². The molecule has 0 atom stereocenters.